The second-order valence-corrected chi connectivity index (χ2v) is 7.32. The topological polar surface area (TPSA) is 38.0 Å². The Balaban J connectivity index is 1.99. The summed E-state index contributed by atoms with van der Waals surface area (Å²) in [5.41, 5.74) is 3.87. The summed E-state index contributed by atoms with van der Waals surface area (Å²) in [6.07, 6.45) is 0.731. The lowest BCUT2D eigenvalue weighted by molar-refractivity contribution is 0.572. The molecule has 1 unspecified atom stereocenters. The van der Waals surface area contributed by atoms with Crippen molar-refractivity contribution in [3.63, 3.8) is 0 Å². The molecule has 112 valence electrons. The van der Waals surface area contributed by atoms with E-state index in [0.29, 0.717) is 0 Å². The highest BCUT2D eigenvalue weighted by atomic mass is 79.9. The van der Waals surface area contributed by atoms with Crippen molar-refractivity contribution in [2.45, 2.75) is 17.4 Å². The van der Waals surface area contributed by atoms with Gasteiger partial charge in [0.05, 0.1) is 0 Å². The first-order chi connectivity index (χ1) is 10.1. The smallest absolute Gasteiger partial charge is 0.124 e. The van der Waals surface area contributed by atoms with Crippen LogP contribution in [0.3, 0.4) is 0 Å². The molecule has 0 aliphatic rings. The molecule has 6 heteroatoms. The third-order valence-corrected chi connectivity index (χ3v) is 5.92. The lowest BCUT2D eigenvalue weighted by Gasteiger charge is -2.17. The summed E-state index contributed by atoms with van der Waals surface area (Å²) in [6.45, 7) is 0. The van der Waals surface area contributed by atoms with Gasteiger partial charge in [-0.2, -0.15) is 0 Å². The summed E-state index contributed by atoms with van der Waals surface area (Å²) < 4.78 is 15.0. The zero-order valence-corrected chi connectivity index (χ0v) is 15.1. The van der Waals surface area contributed by atoms with Gasteiger partial charge in [-0.1, -0.05) is 34.1 Å². The maximum absolute atomic E-state index is 13.1. The van der Waals surface area contributed by atoms with Crippen LogP contribution in [0.4, 0.5) is 4.39 Å². The van der Waals surface area contributed by atoms with E-state index in [1.807, 2.05) is 18.2 Å². The molecule has 2 aromatic rings. The Bertz CT molecular complexity index is 610. The summed E-state index contributed by atoms with van der Waals surface area (Å²) >= 11 is 8.65. The summed E-state index contributed by atoms with van der Waals surface area (Å²) in [5.74, 6) is 6.22. The van der Waals surface area contributed by atoms with Gasteiger partial charge in [0.2, 0.25) is 0 Å². The molecule has 0 fully saturated rings. The molecule has 2 rings (SSSR count). The minimum atomic E-state index is -0.245. The van der Waals surface area contributed by atoms with Crippen molar-refractivity contribution in [3.05, 3.63) is 62.8 Å². The van der Waals surface area contributed by atoms with Crippen LogP contribution in [0, 0.1) is 5.82 Å². The molecule has 0 radical (unpaired) electrons. The predicted octanol–water partition coefficient (Wildman–Crippen LogP) is 4.52. The van der Waals surface area contributed by atoms with Crippen LogP contribution in [-0.4, -0.2) is 11.8 Å². The highest BCUT2D eigenvalue weighted by Crippen LogP contribution is 2.28. The maximum Gasteiger partial charge on any atom is 0.124 e. The minimum absolute atomic E-state index is 0.101. The van der Waals surface area contributed by atoms with Crippen LogP contribution in [0.5, 0.6) is 0 Å². The van der Waals surface area contributed by atoms with E-state index < -0.39 is 0 Å². The molecule has 0 spiro atoms. The Hall–Kier alpha value is -0.400. The normalized spacial score (nSPS) is 12.4. The van der Waals surface area contributed by atoms with E-state index in [9.17, 15) is 4.39 Å². The van der Waals surface area contributed by atoms with Gasteiger partial charge in [-0.3, -0.25) is 11.3 Å². The van der Waals surface area contributed by atoms with Crippen molar-refractivity contribution in [2.75, 3.05) is 5.75 Å². The third-order valence-electron chi connectivity index (χ3n) is 2.99. The molecule has 21 heavy (non-hydrogen) atoms. The van der Waals surface area contributed by atoms with E-state index in [4.69, 9.17) is 5.84 Å². The van der Waals surface area contributed by atoms with E-state index in [2.05, 4.69) is 43.4 Å². The number of nitrogens with two attached hydrogens (primary N) is 1. The first kappa shape index (κ1) is 17.0. The molecular weight excluding hydrogens is 419 g/mol. The Kier molecular flexibility index (Phi) is 6.70. The van der Waals surface area contributed by atoms with Gasteiger partial charge < -0.3 is 0 Å². The van der Waals surface area contributed by atoms with E-state index >= 15 is 0 Å². The molecule has 0 bridgehead atoms. The van der Waals surface area contributed by atoms with Crippen molar-refractivity contribution < 1.29 is 4.39 Å². The van der Waals surface area contributed by atoms with Gasteiger partial charge in [-0.15, -0.1) is 11.8 Å². The van der Waals surface area contributed by atoms with Crippen molar-refractivity contribution in [3.8, 4) is 0 Å². The standard InChI is InChI=1S/C15H15Br2FN2S/c16-13-3-1-2-4-15(13)21-9-12(20-19)7-10-5-6-11(18)8-14(10)17/h1-6,8,12,20H,7,9,19H2. The molecule has 0 amide bonds. The third kappa shape index (κ3) is 5.07. The van der Waals surface area contributed by atoms with Gasteiger partial charge >= 0.3 is 0 Å². The highest BCUT2D eigenvalue weighted by Gasteiger charge is 2.12. The van der Waals surface area contributed by atoms with E-state index in [1.54, 1.807) is 17.8 Å². The maximum atomic E-state index is 13.1. The summed E-state index contributed by atoms with van der Waals surface area (Å²) in [7, 11) is 0. The molecule has 1 atom stereocenters. The number of rotatable bonds is 6. The summed E-state index contributed by atoms with van der Waals surface area (Å²) in [4.78, 5) is 1.18. The molecule has 2 nitrogen and oxygen atoms in total. The van der Waals surface area contributed by atoms with Gasteiger partial charge in [-0.25, -0.2) is 4.39 Å². The van der Waals surface area contributed by atoms with E-state index in [-0.39, 0.29) is 11.9 Å². The van der Waals surface area contributed by atoms with Crippen LogP contribution in [0.1, 0.15) is 5.56 Å². The number of thioether (sulfide) groups is 1. The van der Waals surface area contributed by atoms with Crippen LogP contribution in [-0.2, 0) is 6.42 Å². The summed E-state index contributed by atoms with van der Waals surface area (Å²) in [5, 5.41) is 0. The zero-order valence-electron chi connectivity index (χ0n) is 11.2. The van der Waals surface area contributed by atoms with Crippen LogP contribution in [0.25, 0.3) is 0 Å². The fourth-order valence-corrected chi connectivity index (χ4v) is 3.99. The van der Waals surface area contributed by atoms with Gasteiger partial charge in [0.15, 0.2) is 0 Å². The number of halogens is 3. The molecule has 2 aromatic carbocycles. The second kappa shape index (κ2) is 8.29. The molecule has 0 heterocycles. The van der Waals surface area contributed by atoms with Crippen molar-refractivity contribution in [1.29, 1.82) is 0 Å². The van der Waals surface area contributed by atoms with Crippen molar-refractivity contribution in [1.82, 2.24) is 5.43 Å². The molecule has 0 saturated carbocycles. The second-order valence-electron chi connectivity index (χ2n) is 4.54. The van der Waals surface area contributed by atoms with E-state index in [1.165, 1.54) is 17.0 Å². The SMILES string of the molecule is NNC(CSc1ccccc1Br)Cc1ccc(F)cc1Br. The van der Waals surface area contributed by atoms with Gasteiger partial charge in [0, 0.05) is 25.6 Å². The number of hydrogen-bond acceptors (Lipinski definition) is 3. The molecule has 0 aromatic heterocycles. The van der Waals surface area contributed by atoms with Crippen LogP contribution in [0.2, 0.25) is 0 Å². The fourth-order valence-electron chi connectivity index (χ4n) is 1.87. The first-order valence-corrected chi connectivity index (χ1v) is 8.94. The number of nitrogens with one attached hydrogen (secondary N) is 1. The first-order valence-electron chi connectivity index (χ1n) is 6.37. The Labute approximate surface area is 144 Å². The predicted molar refractivity (Wildman–Crippen MR) is 93.8 cm³/mol. The molecule has 0 saturated heterocycles. The number of hydrogen-bond donors (Lipinski definition) is 2. The van der Waals surface area contributed by atoms with E-state index in [0.717, 1.165) is 26.7 Å². The minimum Gasteiger partial charge on any atom is -0.271 e. The molecule has 0 aliphatic carbocycles. The highest BCUT2D eigenvalue weighted by molar-refractivity contribution is 9.10. The van der Waals surface area contributed by atoms with Crippen LogP contribution < -0.4 is 11.3 Å². The van der Waals surface area contributed by atoms with Gasteiger partial charge in [0.25, 0.3) is 0 Å². The lowest BCUT2D eigenvalue weighted by atomic mass is 10.1. The Morgan fingerprint density at radius 1 is 1.14 bits per heavy atom. The fraction of sp³-hybridized carbons (Fsp3) is 0.200. The molecule has 0 aliphatic heterocycles. The number of benzene rings is 2. The monoisotopic (exact) mass is 432 g/mol. The average Bonchev–Trinajstić information content (AvgIpc) is 2.47. The van der Waals surface area contributed by atoms with Gasteiger partial charge in [0.1, 0.15) is 5.82 Å². The average molecular weight is 434 g/mol. The van der Waals surface area contributed by atoms with Crippen molar-refractivity contribution in [2.24, 2.45) is 5.84 Å². The Morgan fingerprint density at radius 2 is 1.90 bits per heavy atom. The molecule has 3 N–H and O–H groups in total. The summed E-state index contributed by atoms with van der Waals surface area (Å²) in [6, 6.07) is 12.9. The van der Waals surface area contributed by atoms with Gasteiger partial charge in [-0.05, 0) is 52.2 Å². The van der Waals surface area contributed by atoms with Crippen molar-refractivity contribution >= 4 is 43.6 Å². The largest absolute Gasteiger partial charge is 0.271 e. The molecular formula is C15H15Br2FN2S. The number of hydrazine groups is 1. The van der Waals surface area contributed by atoms with Crippen LogP contribution in [0.15, 0.2) is 56.3 Å². The Morgan fingerprint density at radius 3 is 2.57 bits per heavy atom. The lowest BCUT2D eigenvalue weighted by Crippen LogP contribution is -2.38. The van der Waals surface area contributed by atoms with Crippen LogP contribution >= 0.6 is 43.6 Å². The quantitative estimate of drug-likeness (QED) is 0.399. The zero-order chi connectivity index (χ0) is 15.2.